The molecule has 3 N–H and O–H groups in total. The highest BCUT2D eigenvalue weighted by molar-refractivity contribution is 6.05. The van der Waals surface area contributed by atoms with E-state index in [1.165, 1.54) is 30.5 Å². The minimum absolute atomic E-state index is 0. The number of halogens is 2. The van der Waals surface area contributed by atoms with Gasteiger partial charge < -0.3 is 20.4 Å². The smallest absolute Gasteiger partial charge is 0.259 e. The molecule has 0 aliphatic carbocycles. The summed E-state index contributed by atoms with van der Waals surface area (Å²) in [5, 5.41) is 8.32. The van der Waals surface area contributed by atoms with Crippen molar-refractivity contribution in [2.75, 3.05) is 17.2 Å². The van der Waals surface area contributed by atoms with E-state index in [-0.39, 0.29) is 30.0 Å². The fraction of sp³-hybridized carbons (Fsp3) is 0.294. The van der Waals surface area contributed by atoms with Gasteiger partial charge in [-0.1, -0.05) is 0 Å². The molecule has 0 radical (unpaired) electrons. The van der Waals surface area contributed by atoms with E-state index >= 15 is 0 Å². The van der Waals surface area contributed by atoms with Crippen LogP contribution >= 0.6 is 12.4 Å². The molecule has 1 fully saturated rings. The molecule has 1 aliphatic rings. The number of nitrogens with one attached hydrogen (secondary N) is 3. The molecule has 2 aromatic rings. The lowest BCUT2D eigenvalue weighted by Gasteiger charge is -2.13. The molecule has 134 valence electrons. The van der Waals surface area contributed by atoms with Gasteiger partial charge in [0.2, 0.25) is 5.91 Å². The molecular weight excluding hydrogens is 349 g/mol. The maximum absolute atomic E-state index is 13.9. The largest absolute Gasteiger partial charge is 0.469 e. The van der Waals surface area contributed by atoms with Crippen LogP contribution in [0.4, 0.5) is 15.8 Å². The Morgan fingerprint density at radius 3 is 2.72 bits per heavy atom. The van der Waals surface area contributed by atoms with E-state index in [9.17, 15) is 14.0 Å². The van der Waals surface area contributed by atoms with Gasteiger partial charge in [0.05, 0.1) is 23.6 Å². The van der Waals surface area contributed by atoms with Crippen LogP contribution in [0.5, 0.6) is 0 Å². The highest BCUT2D eigenvalue weighted by atomic mass is 35.5. The predicted octanol–water partition coefficient (Wildman–Crippen LogP) is 3.09. The number of rotatable bonds is 4. The first-order valence-electron chi connectivity index (χ1n) is 7.74. The van der Waals surface area contributed by atoms with Crippen LogP contribution in [0.2, 0.25) is 0 Å². The molecule has 25 heavy (non-hydrogen) atoms. The Morgan fingerprint density at radius 1 is 1.28 bits per heavy atom. The van der Waals surface area contributed by atoms with E-state index in [4.69, 9.17) is 4.42 Å². The maximum atomic E-state index is 13.9. The molecule has 1 aromatic carbocycles. The molecule has 2 amide bonds. The van der Waals surface area contributed by atoms with E-state index in [2.05, 4.69) is 16.0 Å². The molecule has 0 bridgehead atoms. The van der Waals surface area contributed by atoms with E-state index < -0.39 is 11.7 Å². The number of anilines is 2. The van der Waals surface area contributed by atoms with E-state index in [0.717, 1.165) is 19.4 Å². The molecule has 1 aromatic heterocycles. The molecule has 0 spiro atoms. The summed E-state index contributed by atoms with van der Waals surface area (Å²) >= 11 is 0. The minimum Gasteiger partial charge on any atom is -0.469 e. The van der Waals surface area contributed by atoms with Crippen molar-refractivity contribution >= 4 is 35.6 Å². The number of furan rings is 1. The quantitative estimate of drug-likeness (QED) is 0.775. The zero-order valence-electron chi connectivity index (χ0n) is 13.6. The first kappa shape index (κ1) is 19.0. The van der Waals surface area contributed by atoms with Gasteiger partial charge in [0, 0.05) is 5.69 Å². The van der Waals surface area contributed by atoms with Crippen molar-refractivity contribution in [3.8, 4) is 0 Å². The van der Waals surface area contributed by atoms with Gasteiger partial charge in [-0.05, 0) is 50.6 Å². The highest BCUT2D eigenvalue weighted by Crippen LogP contribution is 2.22. The molecule has 1 atom stereocenters. The van der Waals surface area contributed by atoms with Gasteiger partial charge in [-0.15, -0.1) is 12.4 Å². The summed E-state index contributed by atoms with van der Waals surface area (Å²) in [7, 11) is 0. The number of aryl methyl sites for hydroxylation is 1. The third-order valence-electron chi connectivity index (χ3n) is 3.96. The summed E-state index contributed by atoms with van der Waals surface area (Å²) < 4.78 is 19.0. The van der Waals surface area contributed by atoms with Crippen molar-refractivity contribution in [3.63, 3.8) is 0 Å². The number of benzene rings is 1. The van der Waals surface area contributed by atoms with Gasteiger partial charge in [0.25, 0.3) is 5.91 Å². The fourth-order valence-electron chi connectivity index (χ4n) is 2.65. The Bertz CT molecular complexity index is 772. The molecule has 3 rings (SSSR count). The Morgan fingerprint density at radius 2 is 2.08 bits per heavy atom. The normalized spacial score (nSPS) is 16.2. The Balaban J connectivity index is 0.00000225. The summed E-state index contributed by atoms with van der Waals surface area (Å²) in [6.07, 6.45) is 3.12. The third-order valence-corrected chi connectivity index (χ3v) is 3.96. The van der Waals surface area contributed by atoms with Crippen LogP contribution in [0.25, 0.3) is 0 Å². The van der Waals surface area contributed by atoms with Crippen molar-refractivity contribution in [1.82, 2.24) is 5.32 Å². The summed E-state index contributed by atoms with van der Waals surface area (Å²) in [4.78, 5) is 24.3. The SMILES string of the molecule is Cc1occc1C(=O)Nc1cc(NC(=O)C2CCCN2)ccc1F.Cl. The Hall–Kier alpha value is -2.38. The molecule has 1 aliphatic heterocycles. The summed E-state index contributed by atoms with van der Waals surface area (Å²) in [6, 6.07) is 5.34. The average Bonchev–Trinajstić information content (AvgIpc) is 3.21. The molecule has 8 heteroatoms. The van der Waals surface area contributed by atoms with Crippen LogP contribution in [-0.4, -0.2) is 24.4 Å². The summed E-state index contributed by atoms with van der Waals surface area (Å²) in [6.45, 7) is 2.46. The lowest BCUT2D eigenvalue weighted by Crippen LogP contribution is -2.35. The molecule has 6 nitrogen and oxygen atoms in total. The van der Waals surface area contributed by atoms with Crippen molar-refractivity contribution < 1.29 is 18.4 Å². The second-order valence-electron chi connectivity index (χ2n) is 5.68. The van der Waals surface area contributed by atoms with Crippen molar-refractivity contribution in [2.45, 2.75) is 25.8 Å². The van der Waals surface area contributed by atoms with Gasteiger partial charge >= 0.3 is 0 Å². The number of hydrogen-bond donors (Lipinski definition) is 3. The Kier molecular flexibility index (Phi) is 6.17. The molecular formula is C17H19ClFN3O3. The van der Waals surface area contributed by atoms with Crippen LogP contribution < -0.4 is 16.0 Å². The van der Waals surface area contributed by atoms with Crippen LogP contribution in [0, 0.1) is 12.7 Å². The lowest BCUT2D eigenvalue weighted by atomic mass is 10.2. The van der Waals surface area contributed by atoms with Gasteiger partial charge in [-0.3, -0.25) is 9.59 Å². The first-order chi connectivity index (χ1) is 11.5. The van der Waals surface area contributed by atoms with Gasteiger partial charge in [0.1, 0.15) is 11.6 Å². The maximum Gasteiger partial charge on any atom is 0.259 e. The van der Waals surface area contributed by atoms with Crippen LogP contribution in [0.15, 0.2) is 34.9 Å². The zero-order valence-corrected chi connectivity index (χ0v) is 14.4. The highest BCUT2D eigenvalue weighted by Gasteiger charge is 2.22. The minimum atomic E-state index is -0.582. The predicted molar refractivity (Wildman–Crippen MR) is 94.7 cm³/mol. The summed E-state index contributed by atoms with van der Waals surface area (Å²) in [5.41, 5.74) is 0.756. The molecule has 2 heterocycles. The monoisotopic (exact) mass is 367 g/mol. The van der Waals surface area contributed by atoms with Crippen molar-refractivity contribution in [3.05, 3.63) is 47.7 Å². The van der Waals surface area contributed by atoms with Crippen molar-refractivity contribution in [2.24, 2.45) is 0 Å². The van der Waals surface area contributed by atoms with Crippen LogP contribution in [0.1, 0.15) is 29.0 Å². The van der Waals surface area contributed by atoms with Crippen LogP contribution in [-0.2, 0) is 4.79 Å². The van der Waals surface area contributed by atoms with E-state index in [1.54, 1.807) is 6.92 Å². The van der Waals surface area contributed by atoms with Gasteiger partial charge in [-0.2, -0.15) is 0 Å². The summed E-state index contributed by atoms with van der Waals surface area (Å²) in [5.74, 6) is -0.769. The number of carbonyl (C=O) groups is 2. The lowest BCUT2D eigenvalue weighted by molar-refractivity contribution is -0.117. The number of amides is 2. The second-order valence-corrected chi connectivity index (χ2v) is 5.68. The molecule has 1 unspecified atom stereocenters. The fourth-order valence-corrected chi connectivity index (χ4v) is 2.65. The van der Waals surface area contributed by atoms with E-state index in [0.29, 0.717) is 17.0 Å². The third kappa shape index (κ3) is 4.37. The second kappa shape index (κ2) is 8.13. The molecule has 1 saturated heterocycles. The number of hydrogen-bond acceptors (Lipinski definition) is 4. The van der Waals surface area contributed by atoms with Gasteiger partial charge in [-0.25, -0.2) is 4.39 Å². The number of carbonyl (C=O) groups excluding carboxylic acids is 2. The van der Waals surface area contributed by atoms with Gasteiger partial charge in [0.15, 0.2) is 0 Å². The zero-order chi connectivity index (χ0) is 17.1. The topological polar surface area (TPSA) is 83.4 Å². The standard InChI is InChI=1S/C17H18FN3O3.ClH/c1-10-12(6-8-24-10)16(22)21-15-9-11(4-5-13(15)18)20-17(23)14-3-2-7-19-14;/h4-6,8-9,14,19H,2-3,7H2,1H3,(H,20,23)(H,21,22);1H. The molecule has 0 saturated carbocycles. The van der Waals surface area contributed by atoms with Crippen molar-refractivity contribution in [1.29, 1.82) is 0 Å². The van der Waals surface area contributed by atoms with Crippen LogP contribution in [0.3, 0.4) is 0 Å². The Labute approximate surface area is 150 Å². The van der Waals surface area contributed by atoms with E-state index in [1.807, 2.05) is 0 Å². The first-order valence-corrected chi connectivity index (χ1v) is 7.74. The average molecular weight is 368 g/mol.